The molecule has 5 nitrogen and oxygen atoms in total. The molecule has 11 aromatic rings. The van der Waals surface area contributed by atoms with Crippen LogP contribution in [0.4, 0.5) is 17.1 Å². The van der Waals surface area contributed by atoms with Crippen LogP contribution in [0.3, 0.4) is 0 Å². The molecule has 0 unspecified atom stereocenters. The first-order valence-electron chi connectivity index (χ1n) is 18.0. The van der Waals surface area contributed by atoms with Gasteiger partial charge >= 0.3 is 0 Å². The fourth-order valence-electron chi connectivity index (χ4n) is 7.72. The largest absolute Gasteiger partial charge is 0.456 e. The lowest BCUT2D eigenvalue weighted by Crippen LogP contribution is -2.09. The van der Waals surface area contributed by atoms with Crippen LogP contribution in [0.25, 0.3) is 88.7 Å². The Labute approximate surface area is 309 Å². The summed E-state index contributed by atoms with van der Waals surface area (Å²) < 4.78 is 19.3. The van der Waals surface area contributed by atoms with Crippen LogP contribution in [0, 0.1) is 0 Å². The van der Waals surface area contributed by atoms with E-state index in [4.69, 9.17) is 18.2 Å². The number of hydrogen-bond donors (Lipinski definition) is 0. The van der Waals surface area contributed by atoms with Crippen molar-refractivity contribution in [2.45, 2.75) is 0 Å². The first-order chi connectivity index (χ1) is 26.7. The Balaban J connectivity index is 0.978. The standard InChI is InChI=1S/C49H30N2O3/c1-3-10-31(11-4-1)32-18-20-33(21-19-32)34-22-24-36(25-23-34)51(35-12-5-2-6-13-35)37-26-27-40-45(30-37)52-43-28-29-44-47(46(40)43)50-49(54-44)41-16-9-15-39-38-14-7-8-17-42(38)53-48(39)41/h1-30H. The average Bonchev–Trinajstić information content (AvgIpc) is 3.95. The number of para-hydroxylation sites is 3. The van der Waals surface area contributed by atoms with Gasteiger partial charge in [-0.15, -0.1) is 0 Å². The molecule has 0 aliphatic carbocycles. The molecule has 0 saturated heterocycles. The number of fused-ring (bicyclic) bond motifs is 8. The van der Waals surface area contributed by atoms with E-state index in [0.29, 0.717) is 11.5 Å². The number of aromatic nitrogens is 1. The Morgan fingerprint density at radius 2 is 0.981 bits per heavy atom. The van der Waals surface area contributed by atoms with Crippen LogP contribution in [-0.4, -0.2) is 4.98 Å². The fraction of sp³-hybridized carbons (Fsp3) is 0. The summed E-state index contributed by atoms with van der Waals surface area (Å²) in [4.78, 5) is 7.32. The molecule has 0 aliphatic heterocycles. The number of furan rings is 2. The van der Waals surface area contributed by atoms with Crippen molar-refractivity contribution in [3.63, 3.8) is 0 Å². The SMILES string of the molecule is c1ccc(-c2ccc(-c3ccc(N(c4ccccc4)c4ccc5c(c4)oc4ccc6oc(-c7cccc8c7oc7ccccc78)nc6c45)cc3)cc2)cc1. The Morgan fingerprint density at radius 3 is 1.76 bits per heavy atom. The molecule has 0 spiro atoms. The molecule has 0 N–H and O–H groups in total. The van der Waals surface area contributed by atoms with Gasteiger partial charge in [-0.05, 0) is 82.9 Å². The Hall–Kier alpha value is -7.37. The van der Waals surface area contributed by atoms with E-state index in [1.54, 1.807) is 0 Å². The second-order valence-corrected chi connectivity index (χ2v) is 13.5. The van der Waals surface area contributed by atoms with Crippen molar-refractivity contribution >= 4 is 72.0 Å². The number of oxazole rings is 1. The lowest BCUT2D eigenvalue weighted by Gasteiger charge is -2.25. The van der Waals surface area contributed by atoms with Crippen LogP contribution in [-0.2, 0) is 0 Å². The zero-order valence-electron chi connectivity index (χ0n) is 28.9. The van der Waals surface area contributed by atoms with Gasteiger partial charge in [-0.1, -0.05) is 115 Å². The second-order valence-electron chi connectivity index (χ2n) is 13.5. The minimum absolute atomic E-state index is 0.513. The second kappa shape index (κ2) is 12.1. The summed E-state index contributed by atoms with van der Waals surface area (Å²) in [6.07, 6.45) is 0. The van der Waals surface area contributed by atoms with E-state index < -0.39 is 0 Å². The van der Waals surface area contributed by atoms with Gasteiger partial charge in [0.15, 0.2) is 5.58 Å². The third kappa shape index (κ3) is 4.90. The Bertz CT molecular complexity index is 3140. The number of anilines is 3. The van der Waals surface area contributed by atoms with Gasteiger partial charge in [-0.2, -0.15) is 0 Å². The van der Waals surface area contributed by atoms with Crippen molar-refractivity contribution in [3.05, 3.63) is 182 Å². The molecule has 54 heavy (non-hydrogen) atoms. The van der Waals surface area contributed by atoms with E-state index in [-0.39, 0.29) is 0 Å². The first kappa shape index (κ1) is 30.3. The maximum atomic E-state index is 6.54. The monoisotopic (exact) mass is 694 g/mol. The van der Waals surface area contributed by atoms with E-state index >= 15 is 0 Å². The minimum atomic E-state index is 0.513. The van der Waals surface area contributed by atoms with Crippen LogP contribution in [0.15, 0.2) is 195 Å². The lowest BCUT2D eigenvalue weighted by molar-refractivity contribution is 0.615. The van der Waals surface area contributed by atoms with Crippen molar-refractivity contribution in [2.24, 2.45) is 0 Å². The highest BCUT2D eigenvalue weighted by Crippen LogP contribution is 2.42. The predicted molar refractivity (Wildman–Crippen MR) is 220 cm³/mol. The number of nitrogens with zero attached hydrogens (tertiary/aromatic N) is 2. The van der Waals surface area contributed by atoms with Gasteiger partial charge in [0.1, 0.15) is 27.8 Å². The van der Waals surface area contributed by atoms with Gasteiger partial charge in [0.2, 0.25) is 5.89 Å². The molecule has 3 aromatic heterocycles. The van der Waals surface area contributed by atoms with Gasteiger partial charge in [0.25, 0.3) is 0 Å². The molecule has 254 valence electrons. The molecule has 0 aliphatic rings. The average molecular weight is 695 g/mol. The molecule has 0 amide bonds. The summed E-state index contributed by atoms with van der Waals surface area (Å²) in [5.41, 5.74) is 13.2. The number of benzene rings is 8. The summed E-state index contributed by atoms with van der Waals surface area (Å²) in [5, 5.41) is 4.00. The van der Waals surface area contributed by atoms with E-state index in [1.807, 2.05) is 54.6 Å². The third-order valence-electron chi connectivity index (χ3n) is 10.3. The van der Waals surface area contributed by atoms with Crippen LogP contribution in [0.1, 0.15) is 0 Å². The van der Waals surface area contributed by atoms with Crippen LogP contribution >= 0.6 is 0 Å². The maximum absolute atomic E-state index is 6.54. The molecule has 8 aromatic carbocycles. The molecule has 0 fully saturated rings. The highest BCUT2D eigenvalue weighted by Gasteiger charge is 2.21. The van der Waals surface area contributed by atoms with Crippen molar-refractivity contribution in [1.29, 1.82) is 0 Å². The molecule has 0 atom stereocenters. The smallest absolute Gasteiger partial charge is 0.231 e. The zero-order chi connectivity index (χ0) is 35.6. The van der Waals surface area contributed by atoms with Crippen LogP contribution in [0.5, 0.6) is 0 Å². The van der Waals surface area contributed by atoms with Crippen molar-refractivity contribution < 1.29 is 13.3 Å². The van der Waals surface area contributed by atoms with Gasteiger partial charge in [-0.25, -0.2) is 4.98 Å². The number of hydrogen-bond acceptors (Lipinski definition) is 5. The molecular weight excluding hydrogens is 665 g/mol. The predicted octanol–water partition coefficient (Wildman–Crippen LogP) is 14.1. The van der Waals surface area contributed by atoms with Crippen LogP contribution < -0.4 is 4.90 Å². The topological polar surface area (TPSA) is 55.6 Å². The zero-order valence-corrected chi connectivity index (χ0v) is 28.9. The molecule has 0 bridgehead atoms. The lowest BCUT2D eigenvalue weighted by atomic mass is 10.00. The quantitative estimate of drug-likeness (QED) is 0.173. The highest BCUT2D eigenvalue weighted by atomic mass is 16.4. The maximum Gasteiger partial charge on any atom is 0.231 e. The molecular formula is C49H30N2O3. The highest BCUT2D eigenvalue weighted by molar-refractivity contribution is 6.17. The Morgan fingerprint density at radius 1 is 0.370 bits per heavy atom. The van der Waals surface area contributed by atoms with Gasteiger partial charge < -0.3 is 18.2 Å². The van der Waals surface area contributed by atoms with Crippen molar-refractivity contribution in [2.75, 3.05) is 4.90 Å². The summed E-state index contributed by atoms with van der Waals surface area (Å²) >= 11 is 0. The summed E-state index contributed by atoms with van der Waals surface area (Å²) in [6.45, 7) is 0. The van der Waals surface area contributed by atoms with E-state index in [0.717, 1.165) is 77.6 Å². The molecule has 11 rings (SSSR count). The molecule has 3 heterocycles. The first-order valence-corrected chi connectivity index (χ1v) is 18.0. The van der Waals surface area contributed by atoms with E-state index in [1.165, 1.54) is 16.7 Å². The summed E-state index contributed by atoms with van der Waals surface area (Å²) in [7, 11) is 0. The normalized spacial score (nSPS) is 11.7. The Kier molecular flexibility index (Phi) is 6.79. The summed E-state index contributed by atoms with van der Waals surface area (Å²) in [6, 6.07) is 62.8. The molecule has 0 saturated carbocycles. The van der Waals surface area contributed by atoms with E-state index in [9.17, 15) is 0 Å². The van der Waals surface area contributed by atoms with Gasteiger partial charge in [-0.3, -0.25) is 0 Å². The minimum Gasteiger partial charge on any atom is -0.456 e. The van der Waals surface area contributed by atoms with Crippen LogP contribution in [0.2, 0.25) is 0 Å². The van der Waals surface area contributed by atoms with Crippen molar-refractivity contribution in [1.82, 2.24) is 4.98 Å². The molecule has 5 heteroatoms. The van der Waals surface area contributed by atoms with E-state index in [2.05, 4.69) is 132 Å². The fourth-order valence-corrected chi connectivity index (χ4v) is 7.72. The third-order valence-corrected chi connectivity index (χ3v) is 10.3. The molecule has 0 radical (unpaired) electrons. The van der Waals surface area contributed by atoms with Gasteiger partial charge in [0.05, 0.1) is 10.9 Å². The summed E-state index contributed by atoms with van der Waals surface area (Å²) in [5.74, 6) is 0.513. The van der Waals surface area contributed by atoms with Gasteiger partial charge in [0, 0.05) is 39.3 Å². The van der Waals surface area contributed by atoms with Crippen molar-refractivity contribution in [3.8, 4) is 33.7 Å². The number of rotatable bonds is 6.